The third-order valence-electron chi connectivity index (χ3n) is 3.33. The van der Waals surface area contributed by atoms with Crippen molar-refractivity contribution in [3.8, 4) is 0 Å². The van der Waals surface area contributed by atoms with Crippen LogP contribution in [0.4, 0.5) is 18.9 Å². The van der Waals surface area contributed by atoms with Crippen LogP contribution in [0.5, 0.6) is 0 Å². The number of anilines is 1. The molecule has 0 aliphatic heterocycles. The van der Waals surface area contributed by atoms with Crippen LogP contribution in [0.1, 0.15) is 16.7 Å². The van der Waals surface area contributed by atoms with E-state index in [1.165, 1.54) is 17.2 Å². The van der Waals surface area contributed by atoms with Gasteiger partial charge in [0.15, 0.2) is 5.11 Å². The van der Waals surface area contributed by atoms with Gasteiger partial charge in [0.05, 0.1) is 5.56 Å². The summed E-state index contributed by atoms with van der Waals surface area (Å²) in [4.78, 5) is 0. The number of rotatable bonds is 6. The fourth-order valence-electron chi connectivity index (χ4n) is 2.18. The van der Waals surface area contributed by atoms with Crippen molar-refractivity contribution in [2.45, 2.75) is 18.9 Å². The number of benzene rings is 2. The summed E-state index contributed by atoms with van der Waals surface area (Å²) >= 11 is 6.89. The van der Waals surface area contributed by atoms with Gasteiger partial charge >= 0.3 is 6.18 Å². The third-order valence-corrected chi connectivity index (χ3v) is 4.61. The zero-order valence-electron chi connectivity index (χ0n) is 13.7. The maximum Gasteiger partial charge on any atom is 0.416 e. The first-order valence-electron chi connectivity index (χ1n) is 7.70. The molecule has 7 heteroatoms. The highest BCUT2D eigenvalue weighted by Gasteiger charge is 2.30. The predicted molar refractivity (Wildman–Crippen MR) is 103 cm³/mol. The van der Waals surface area contributed by atoms with Crippen molar-refractivity contribution >= 4 is 34.8 Å². The van der Waals surface area contributed by atoms with Gasteiger partial charge in [0, 0.05) is 23.7 Å². The van der Waals surface area contributed by atoms with E-state index in [-0.39, 0.29) is 0 Å². The predicted octanol–water partition coefficient (Wildman–Crippen LogP) is 5.23. The Bertz CT molecular complexity index is 717. The van der Waals surface area contributed by atoms with E-state index >= 15 is 0 Å². The van der Waals surface area contributed by atoms with Crippen LogP contribution in [0, 0.1) is 6.92 Å². The molecule has 25 heavy (non-hydrogen) atoms. The first kappa shape index (κ1) is 19.6. The van der Waals surface area contributed by atoms with Crippen LogP contribution in [0.15, 0.2) is 48.5 Å². The van der Waals surface area contributed by atoms with Gasteiger partial charge in [0.1, 0.15) is 0 Å². The van der Waals surface area contributed by atoms with Crippen molar-refractivity contribution in [1.82, 2.24) is 5.32 Å². The lowest BCUT2D eigenvalue weighted by Gasteiger charge is -2.12. The summed E-state index contributed by atoms with van der Waals surface area (Å²) in [6.07, 6.45) is -4.36. The molecule has 0 amide bonds. The Morgan fingerprint density at radius 2 is 1.88 bits per heavy atom. The number of hydrogen-bond acceptors (Lipinski definition) is 2. The largest absolute Gasteiger partial charge is 0.416 e. The fourth-order valence-corrected chi connectivity index (χ4v) is 3.20. The minimum Gasteiger partial charge on any atom is -0.362 e. The van der Waals surface area contributed by atoms with E-state index in [9.17, 15) is 13.2 Å². The molecule has 0 bridgehead atoms. The number of hydrogen-bond donors (Lipinski definition) is 2. The minimum absolute atomic E-state index is 0.315. The highest BCUT2D eigenvalue weighted by atomic mass is 32.2. The lowest BCUT2D eigenvalue weighted by Crippen LogP contribution is -2.30. The van der Waals surface area contributed by atoms with Crippen LogP contribution in [0.25, 0.3) is 0 Å². The molecule has 2 rings (SSSR count). The molecular weight excluding hydrogens is 365 g/mol. The second-order valence-electron chi connectivity index (χ2n) is 5.50. The molecule has 0 unspecified atom stereocenters. The van der Waals surface area contributed by atoms with Gasteiger partial charge in [-0.25, -0.2) is 0 Å². The molecule has 0 saturated heterocycles. The van der Waals surface area contributed by atoms with Gasteiger partial charge in [-0.3, -0.25) is 0 Å². The average Bonchev–Trinajstić information content (AvgIpc) is 2.54. The number of thiocarbonyl (C=S) groups is 1. The number of alkyl halides is 3. The van der Waals surface area contributed by atoms with E-state index in [1.54, 1.807) is 17.8 Å². The first-order chi connectivity index (χ1) is 11.8. The molecule has 0 saturated carbocycles. The Kier molecular flexibility index (Phi) is 7.13. The van der Waals surface area contributed by atoms with Gasteiger partial charge < -0.3 is 10.6 Å². The number of aryl methyl sites for hydroxylation is 1. The maximum absolute atomic E-state index is 12.7. The SMILES string of the molecule is Cc1cccc(CSCCNC(=S)Nc2cccc(C(F)(F)F)c2)c1. The van der Waals surface area contributed by atoms with Crippen molar-refractivity contribution in [2.75, 3.05) is 17.6 Å². The second-order valence-corrected chi connectivity index (χ2v) is 7.01. The molecule has 0 fully saturated rings. The quantitative estimate of drug-likeness (QED) is 0.526. The average molecular weight is 384 g/mol. The molecule has 0 radical (unpaired) electrons. The summed E-state index contributed by atoms with van der Waals surface area (Å²) in [6.45, 7) is 2.70. The number of halogens is 3. The van der Waals surface area contributed by atoms with Crippen molar-refractivity contribution in [3.05, 3.63) is 65.2 Å². The summed E-state index contributed by atoms with van der Waals surface area (Å²) in [6, 6.07) is 13.3. The lowest BCUT2D eigenvalue weighted by molar-refractivity contribution is -0.137. The highest BCUT2D eigenvalue weighted by Crippen LogP contribution is 2.30. The maximum atomic E-state index is 12.7. The molecule has 0 aliphatic rings. The summed E-state index contributed by atoms with van der Waals surface area (Å²) in [5.74, 6) is 1.76. The fraction of sp³-hybridized carbons (Fsp3) is 0.278. The molecule has 2 nitrogen and oxygen atoms in total. The summed E-state index contributed by atoms with van der Waals surface area (Å²) < 4.78 is 38.0. The Labute approximate surface area is 155 Å². The van der Waals surface area contributed by atoms with Crippen molar-refractivity contribution in [1.29, 1.82) is 0 Å². The smallest absolute Gasteiger partial charge is 0.362 e. The van der Waals surface area contributed by atoms with E-state index < -0.39 is 11.7 Å². The van der Waals surface area contributed by atoms with Crippen LogP contribution in [0.3, 0.4) is 0 Å². The summed E-state index contributed by atoms with van der Waals surface area (Å²) in [5, 5.41) is 6.10. The van der Waals surface area contributed by atoms with Crippen LogP contribution in [-0.4, -0.2) is 17.4 Å². The minimum atomic E-state index is -4.36. The highest BCUT2D eigenvalue weighted by molar-refractivity contribution is 7.98. The van der Waals surface area contributed by atoms with Crippen molar-refractivity contribution < 1.29 is 13.2 Å². The zero-order chi connectivity index (χ0) is 18.3. The van der Waals surface area contributed by atoms with E-state index in [0.29, 0.717) is 17.3 Å². The Balaban J connectivity index is 1.71. The normalized spacial score (nSPS) is 11.2. The molecule has 0 aromatic heterocycles. The van der Waals surface area contributed by atoms with Gasteiger partial charge in [-0.1, -0.05) is 35.9 Å². The Hall–Kier alpha value is -1.73. The standard InChI is InChI=1S/C18H19F3N2S2/c1-13-4-2-5-14(10-13)12-25-9-8-22-17(24)23-16-7-3-6-15(11-16)18(19,20)21/h2-7,10-11H,8-9,12H2,1H3,(H2,22,23,24). The third kappa shape index (κ3) is 6.96. The first-order valence-corrected chi connectivity index (χ1v) is 9.26. The van der Waals surface area contributed by atoms with Gasteiger partial charge in [0.2, 0.25) is 0 Å². The molecule has 0 spiro atoms. The zero-order valence-corrected chi connectivity index (χ0v) is 15.3. The molecule has 0 atom stereocenters. The van der Waals surface area contributed by atoms with E-state index in [2.05, 4.69) is 35.8 Å². The van der Waals surface area contributed by atoms with E-state index in [1.807, 2.05) is 6.07 Å². The van der Waals surface area contributed by atoms with Crippen LogP contribution in [0.2, 0.25) is 0 Å². The van der Waals surface area contributed by atoms with Gasteiger partial charge in [-0.05, 0) is 42.9 Å². The van der Waals surface area contributed by atoms with Crippen molar-refractivity contribution in [3.63, 3.8) is 0 Å². The summed E-state index contributed by atoms with van der Waals surface area (Å²) in [5.41, 5.74) is 2.13. The topological polar surface area (TPSA) is 24.1 Å². The van der Waals surface area contributed by atoms with Gasteiger partial charge in [-0.15, -0.1) is 0 Å². The van der Waals surface area contributed by atoms with Crippen molar-refractivity contribution in [2.24, 2.45) is 0 Å². The molecule has 134 valence electrons. The monoisotopic (exact) mass is 384 g/mol. The molecule has 2 N–H and O–H groups in total. The van der Waals surface area contributed by atoms with Gasteiger partial charge in [0.25, 0.3) is 0 Å². The van der Waals surface area contributed by atoms with E-state index in [0.717, 1.165) is 23.6 Å². The van der Waals surface area contributed by atoms with Crippen LogP contribution >= 0.6 is 24.0 Å². The van der Waals surface area contributed by atoms with E-state index in [4.69, 9.17) is 12.2 Å². The lowest BCUT2D eigenvalue weighted by atomic mass is 10.2. The van der Waals surface area contributed by atoms with Crippen LogP contribution < -0.4 is 10.6 Å². The van der Waals surface area contributed by atoms with Crippen LogP contribution in [-0.2, 0) is 11.9 Å². The van der Waals surface area contributed by atoms with Gasteiger partial charge in [-0.2, -0.15) is 24.9 Å². The Morgan fingerprint density at radius 3 is 2.60 bits per heavy atom. The Morgan fingerprint density at radius 1 is 1.12 bits per heavy atom. The molecular formula is C18H19F3N2S2. The second kappa shape index (κ2) is 9.10. The molecule has 0 heterocycles. The number of nitrogens with one attached hydrogen (secondary N) is 2. The molecule has 2 aromatic rings. The molecule has 2 aromatic carbocycles. The number of thioether (sulfide) groups is 1. The summed E-state index contributed by atoms with van der Waals surface area (Å²) in [7, 11) is 0. The molecule has 0 aliphatic carbocycles.